The number of carbonyl (C=O) groups excluding carboxylic acids is 2. The van der Waals surface area contributed by atoms with Gasteiger partial charge in [-0.2, -0.15) is 0 Å². The Morgan fingerprint density at radius 2 is 0.969 bits per heavy atom. The summed E-state index contributed by atoms with van der Waals surface area (Å²) in [6.07, 6.45) is 3.59. The Hall–Kier alpha value is -4.06. The van der Waals surface area contributed by atoms with Gasteiger partial charge in [0.15, 0.2) is 0 Å². The molecule has 0 spiro atoms. The van der Waals surface area contributed by atoms with Gasteiger partial charge in [-0.05, 0) is 35.4 Å². The summed E-state index contributed by atoms with van der Waals surface area (Å²) >= 11 is 0. The van der Waals surface area contributed by atoms with Gasteiger partial charge >= 0.3 is 0 Å². The van der Waals surface area contributed by atoms with E-state index in [0.717, 1.165) is 11.1 Å². The summed E-state index contributed by atoms with van der Waals surface area (Å²) in [5, 5.41) is 5.70. The van der Waals surface area contributed by atoms with Crippen LogP contribution >= 0.6 is 0 Å². The molecule has 0 saturated heterocycles. The lowest BCUT2D eigenvalue weighted by Crippen LogP contribution is -2.26. The van der Waals surface area contributed by atoms with Gasteiger partial charge in [0.1, 0.15) is 24.7 Å². The fraction of sp³-hybridized carbons (Fsp3) is 0.154. The summed E-state index contributed by atoms with van der Waals surface area (Å²) in [4.78, 5) is 25.2. The van der Waals surface area contributed by atoms with Crippen LogP contribution in [-0.4, -0.2) is 24.9 Å². The van der Waals surface area contributed by atoms with Crippen molar-refractivity contribution in [1.82, 2.24) is 10.6 Å². The molecule has 32 heavy (non-hydrogen) atoms. The number of amides is 2. The quantitative estimate of drug-likeness (QED) is 0.533. The number of carbonyl (C=O) groups is 2. The number of ether oxygens (including phenoxy) is 2. The average Bonchev–Trinajstić information content (AvgIpc) is 2.83. The highest BCUT2D eigenvalue weighted by Gasteiger charge is 2.14. The summed E-state index contributed by atoms with van der Waals surface area (Å²) in [5.74, 6) is 0.591. The molecule has 0 unspecified atom stereocenters. The first-order valence-electron chi connectivity index (χ1n) is 10.4. The predicted molar refractivity (Wildman–Crippen MR) is 122 cm³/mol. The SMILES string of the molecule is O=C1NC/C=C/CNC(=O)c2ccccc2OCc2ccccc2COc2ccccc21. The maximum Gasteiger partial charge on any atom is 0.255 e. The van der Waals surface area contributed by atoms with Crippen molar-refractivity contribution in [2.24, 2.45) is 0 Å². The van der Waals surface area contributed by atoms with Crippen LogP contribution in [0.1, 0.15) is 31.8 Å². The maximum atomic E-state index is 12.6. The van der Waals surface area contributed by atoms with Gasteiger partial charge in [0.05, 0.1) is 11.1 Å². The molecule has 162 valence electrons. The van der Waals surface area contributed by atoms with Gasteiger partial charge < -0.3 is 20.1 Å². The van der Waals surface area contributed by atoms with Crippen molar-refractivity contribution in [3.63, 3.8) is 0 Å². The van der Waals surface area contributed by atoms with E-state index in [2.05, 4.69) is 10.6 Å². The molecule has 0 atom stereocenters. The van der Waals surface area contributed by atoms with E-state index in [0.29, 0.717) is 35.7 Å². The van der Waals surface area contributed by atoms with Crippen molar-refractivity contribution in [1.29, 1.82) is 0 Å². The van der Waals surface area contributed by atoms with Crippen LogP contribution in [0.25, 0.3) is 0 Å². The predicted octanol–water partition coefficient (Wildman–Crippen LogP) is 3.87. The third-order valence-corrected chi connectivity index (χ3v) is 5.08. The number of hydrogen-bond donors (Lipinski definition) is 2. The van der Waals surface area contributed by atoms with Gasteiger partial charge in [-0.15, -0.1) is 0 Å². The van der Waals surface area contributed by atoms with Crippen molar-refractivity contribution in [3.8, 4) is 11.5 Å². The van der Waals surface area contributed by atoms with Crippen LogP contribution in [0.4, 0.5) is 0 Å². The van der Waals surface area contributed by atoms with Crippen LogP contribution < -0.4 is 20.1 Å². The summed E-state index contributed by atoms with van der Waals surface area (Å²) < 4.78 is 12.0. The van der Waals surface area contributed by atoms with Crippen LogP contribution in [0.15, 0.2) is 84.9 Å². The summed E-state index contributed by atoms with van der Waals surface area (Å²) in [7, 11) is 0. The van der Waals surface area contributed by atoms with E-state index in [9.17, 15) is 9.59 Å². The van der Waals surface area contributed by atoms with Crippen LogP contribution in [-0.2, 0) is 13.2 Å². The largest absolute Gasteiger partial charge is 0.488 e. The molecule has 2 amide bonds. The second kappa shape index (κ2) is 10.3. The maximum absolute atomic E-state index is 12.6. The van der Waals surface area contributed by atoms with E-state index >= 15 is 0 Å². The van der Waals surface area contributed by atoms with Gasteiger partial charge in [0.25, 0.3) is 11.8 Å². The highest BCUT2D eigenvalue weighted by molar-refractivity contribution is 5.97. The fourth-order valence-electron chi connectivity index (χ4n) is 3.37. The molecular formula is C26H24N2O4. The Bertz CT molecular complexity index is 1050. The highest BCUT2D eigenvalue weighted by atomic mass is 16.5. The van der Waals surface area contributed by atoms with Gasteiger partial charge in [-0.3, -0.25) is 9.59 Å². The van der Waals surface area contributed by atoms with Gasteiger partial charge in [-0.1, -0.05) is 60.7 Å². The first-order valence-corrected chi connectivity index (χ1v) is 10.4. The van der Waals surface area contributed by atoms with Crippen LogP contribution in [0.5, 0.6) is 11.5 Å². The van der Waals surface area contributed by atoms with Crippen LogP contribution in [0, 0.1) is 0 Å². The fourth-order valence-corrected chi connectivity index (χ4v) is 3.37. The third kappa shape index (κ3) is 5.16. The van der Waals surface area contributed by atoms with E-state index in [-0.39, 0.29) is 25.0 Å². The molecule has 2 N–H and O–H groups in total. The Labute approximate surface area is 186 Å². The number of para-hydroxylation sites is 2. The lowest BCUT2D eigenvalue weighted by atomic mass is 10.1. The minimum Gasteiger partial charge on any atom is -0.488 e. The Kier molecular flexibility index (Phi) is 6.82. The first kappa shape index (κ1) is 21.2. The number of nitrogens with one attached hydrogen (secondary N) is 2. The molecule has 0 saturated carbocycles. The molecule has 1 aliphatic heterocycles. The van der Waals surface area contributed by atoms with Crippen molar-refractivity contribution in [2.45, 2.75) is 13.2 Å². The van der Waals surface area contributed by atoms with Crippen LogP contribution in [0.3, 0.4) is 0 Å². The monoisotopic (exact) mass is 428 g/mol. The second-order valence-electron chi connectivity index (χ2n) is 7.23. The van der Waals surface area contributed by atoms with Crippen LogP contribution in [0.2, 0.25) is 0 Å². The second-order valence-corrected chi connectivity index (χ2v) is 7.23. The van der Waals surface area contributed by atoms with Crippen molar-refractivity contribution in [3.05, 3.63) is 107 Å². The van der Waals surface area contributed by atoms with Crippen molar-refractivity contribution >= 4 is 11.8 Å². The molecule has 6 heteroatoms. The summed E-state index contributed by atoms with van der Waals surface area (Å²) in [5.41, 5.74) is 2.82. The van der Waals surface area contributed by atoms with Crippen molar-refractivity contribution < 1.29 is 19.1 Å². The van der Waals surface area contributed by atoms with Gasteiger partial charge in [0.2, 0.25) is 0 Å². The standard InChI is InChI=1S/C26H24N2O4/c29-25-21-11-3-5-13-23(21)31-17-19-9-1-2-10-20(19)18-32-24-14-6-4-12-22(24)26(30)28-16-8-7-15-27-25/h1-14H,15-18H2,(H,27,29)(H,28,30)/b8-7+. The minimum atomic E-state index is -0.221. The molecule has 6 nitrogen and oxygen atoms in total. The van der Waals surface area contributed by atoms with Gasteiger partial charge in [0, 0.05) is 13.1 Å². The van der Waals surface area contributed by atoms with E-state index < -0.39 is 0 Å². The average molecular weight is 428 g/mol. The van der Waals surface area contributed by atoms with Crippen molar-refractivity contribution in [2.75, 3.05) is 13.1 Å². The number of rotatable bonds is 0. The topological polar surface area (TPSA) is 76.7 Å². The summed E-state index contributed by atoms with van der Waals surface area (Å²) in [6, 6.07) is 22.1. The molecule has 1 aliphatic rings. The zero-order chi connectivity index (χ0) is 22.2. The molecule has 1 heterocycles. The van der Waals surface area contributed by atoms with E-state index in [1.54, 1.807) is 48.6 Å². The number of benzene rings is 3. The molecule has 0 bridgehead atoms. The molecule has 0 fully saturated rings. The number of fused-ring (bicyclic) bond motifs is 3. The molecule has 3 aromatic carbocycles. The zero-order valence-corrected chi connectivity index (χ0v) is 17.5. The van der Waals surface area contributed by atoms with E-state index in [4.69, 9.17) is 9.47 Å². The van der Waals surface area contributed by atoms with Gasteiger partial charge in [-0.25, -0.2) is 0 Å². The third-order valence-electron chi connectivity index (χ3n) is 5.08. The van der Waals surface area contributed by atoms with E-state index in [1.165, 1.54) is 0 Å². The lowest BCUT2D eigenvalue weighted by Gasteiger charge is -2.15. The molecule has 0 radical (unpaired) electrons. The molecule has 3 aromatic rings. The Morgan fingerprint density at radius 3 is 1.44 bits per heavy atom. The Morgan fingerprint density at radius 1 is 0.562 bits per heavy atom. The molecule has 4 rings (SSSR count). The molecular weight excluding hydrogens is 404 g/mol. The smallest absolute Gasteiger partial charge is 0.255 e. The lowest BCUT2D eigenvalue weighted by molar-refractivity contribution is 0.0943. The molecule has 0 aliphatic carbocycles. The number of hydrogen-bond acceptors (Lipinski definition) is 4. The van der Waals surface area contributed by atoms with E-state index in [1.807, 2.05) is 36.4 Å². The first-order chi connectivity index (χ1) is 15.7. The minimum absolute atomic E-state index is 0.221. The zero-order valence-electron chi connectivity index (χ0n) is 17.5. The Balaban J connectivity index is 1.63. The normalized spacial score (nSPS) is 15.8. The summed E-state index contributed by atoms with van der Waals surface area (Å²) in [6.45, 7) is 1.24. The highest BCUT2D eigenvalue weighted by Crippen LogP contribution is 2.23. The molecule has 0 aromatic heterocycles.